The van der Waals surface area contributed by atoms with Gasteiger partial charge in [0.15, 0.2) is 0 Å². The van der Waals surface area contributed by atoms with Crippen LogP contribution in [0.25, 0.3) is 0 Å². The van der Waals surface area contributed by atoms with Crippen molar-refractivity contribution in [2.45, 2.75) is 84.3 Å². The molecule has 4 fully saturated rings. The van der Waals surface area contributed by atoms with Crippen LogP contribution < -0.4 is 0 Å². The molecule has 0 spiro atoms. The predicted molar refractivity (Wildman–Crippen MR) is 93.3 cm³/mol. The first-order chi connectivity index (χ1) is 11.3. The second-order valence-electron chi connectivity index (χ2n) is 10.0. The fourth-order valence-electron chi connectivity index (χ4n) is 8.03. The number of fused-ring (bicyclic) bond motifs is 5. The third kappa shape index (κ3) is 2.19. The molecule has 0 aromatic carbocycles. The van der Waals surface area contributed by atoms with Crippen LogP contribution in [0.4, 0.5) is 0 Å². The Balaban J connectivity index is 1.67. The van der Waals surface area contributed by atoms with Gasteiger partial charge in [0.05, 0.1) is 12.2 Å². The summed E-state index contributed by atoms with van der Waals surface area (Å²) in [5, 5.41) is 21.3. The molecule has 2 N–H and O–H groups in total. The van der Waals surface area contributed by atoms with Crippen molar-refractivity contribution in [3.63, 3.8) is 0 Å². The molecule has 4 saturated carbocycles. The van der Waals surface area contributed by atoms with E-state index in [1.165, 1.54) is 12.8 Å². The smallest absolute Gasteiger partial charge is 0.133 e. The quantitative estimate of drug-likeness (QED) is 0.771. The van der Waals surface area contributed by atoms with E-state index in [0.717, 1.165) is 38.5 Å². The number of ketones is 1. The summed E-state index contributed by atoms with van der Waals surface area (Å²) in [6, 6.07) is 0. The van der Waals surface area contributed by atoms with Crippen LogP contribution in [0.2, 0.25) is 0 Å². The van der Waals surface area contributed by atoms with Gasteiger partial charge in [-0.1, -0.05) is 13.8 Å². The Bertz CT molecular complexity index is 531. The lowest BCUT2D eigenvalue weighted by Crippen LogP contribution is -2.59. The van der Waals surface area contributed by atoms with Crippen LogP contribution in [-0.4, -0.2) is 28.2 Å². The van der Waals surface area contributed by atoms with Crippen LogP contribution >= 0.6 is 0 Å². The van der Waals surface area contributed by atoms with E-state index in [1.807, 2.05) is 0 Å². The maximum atomic E-state index is 12.2. The van der Waals surface area contributed by atoms with Crippen molar-refractivity contribution in [2.75, 3.05) is 0 Å². The number of hydrogen-bond donors (Lipinski definition) is 2. The molecular formula is C21H34O3. The van der Waals surface area contributed by atoms with E-state index in [-0.39, 0.29) is 29.0 Å². The lowest BCUT2D eigenvalue weighted by molar-refractivity contribution is -0.178. The summed E-state index contributed by atoms with van der Waals surface area (Å²) in [6.45, 7) is 6.43. The van der Waals surface area contributed by atoms with Crippen molar-refractivity contribution >= 4 is 5.78 Å². The molecule has 0 aliphatic heterocycles. The number of carbonyl (C=O) groups excluding carboxylic acids is 1. The highest BCUT2D eigenvalue weighted by Gasteiger charge is 2.63. The molecule has 24 heavy (non-hydrogen) atoms. The van der Waals surface area contributed by atoms with Gasteiger partial charge in [0, 0.05) is 5.92 Å². The van der Waals surface area contributed by atoms with Gasteiger partial charge in [-0.15, -0.1) is 0 Å². The standard InChI is InChI=1S/C21H34O3/c1-12(22)16-6-7-17-15-5-4-13-10-14(23)8-9-20(13,2)19(15)18(24)11-21(16,17)3/h13-19,23-24H,4-11H2,1-3H3/t13?,14?,15?,16?,17?,18?,19?,20-,21?/m0/s1. The summed E-state index contributed by atoms with van der Waals surface area (Å²) in [5.74, 6) is 2.58. The Morgan fingerprint density at radius 1 is 1.00 bits per heavy atom. The van der Waals surface area contributed by atoms with Crippen LogP contribution in [-0.2, 0) is 4.79 Å². The lowest BCUT2D eigenvalue weighted by Gasteiger charge is -2.62. The van der Waals surface area contributed by atoms with Crippen molar-refractivity contribution in [3.05, 3.63) is 0 Å². The summed E-state index contributed by atoms with van der Waals surface area (Å²) in [7, 11) is 0. The van der Waals surface area contributed by atoms with Crippen molar-refractivity contribution in [1.82, 2.24) is 0 Å². The van der Waals surface area contributed by atoms with Crippen LogP contribution in [0, 0.1) is 40.4 Å². The van der Waals surface area contributed by atoms with E-state index >= 15 is 0 Å². The first-order valence-corrected chi connectivity index (χ1v) is 10.1. The van der Waals surface area contributed by atoms with Crippen LogP contribution in [0.15, 0.2) is 0 Å². The second-order valence-corrected chi connectivity index (χ2v) is 10.0. The van der Waals surface area contributed by atoms with Gasteiger partial charge >= 0.3 is 0 Å². The maximum absolute atomic E-state index is 12.2. The SMILES string of the molecule is CC(=O)C1CCC2C3CCC4CC(O)CC[C@]4(C)C3C(O)CC12C. The van der Waals surface area contributed by atoms with Crippen LogP contribution in [0.1, 0.15) is 72.1 Å². The van der Waals surface area contributed by atoms with Crippen LogP contribution in [0.5, 0.6) is 0 Å². The summed E-state index contributed by atoms with van der Waals surface area (Å²) in [6.07, 6.45) is 7.80. The van der Waals surface area contributed by atoms with Gasteiger partial charge in [0.25, 0.3) is 0 Å². The summed E-state index contributed by atoms with van der Waals surface area (Å²) in [5.41, 5.74) is 0.182. The Morgan fingerprint density at radius 2 is 1.75 bits per heavy atom. The minimum absolute atomic E-state index is 0.00376. The Kier molecular flexibility index (Phi) is 3.93. The average molecular weight is 335 g/mol. The summed E-state index contributed by atoms with van der Waals surface area (Å²) < 4.78 is 0. The van der Waals surface area contributed by atoms with Gasteiger partial charge in [-0.25, -0.2) is 0 Å². The molecule has 4 aliphatic carbocycles. The third-order valence-corrected chi connectivity index (χ3v) is 9.06. The maximum Gasteiger partial charge on any atom is 0.133 e. The number of aliphatic hydroxyl groups is 2. The minimum Gasteiger partial charge on any atom is -0.393 e. The molecule has 0 bridgehead atoms. The largest absolute Gasteiger partial charge is 0.393 e. The highest BCUT2D eigenvalue weighted by molar-refractivity contribution is 5.79. The highest BCUT2D eigenvalue weighted by Crippen LogP contribution is 2.67. The van der Waals surface area contributed by atoms with Crippen molar-refractivity contribution in [3.8, 4) is 0 Å². The number of aliphatic hydroxyl groups excluding tert-OH is 2. The van der Waals surface area contributed by atoms with E-state index < -0.39 is 0 Å². The minimum atomic E-state index is -0.278. The van der Waals surface area contributed by atoms with E-state index in [2.05, 4.69) is 13.8 Å². The van der Waals surface area contributed by atoms with E-state index in [1.54, 1.807) is 6.92 Å². The van der Waals surface area contributed by atoms with E-state index in [9.17, 15) is 15.0 Å². The molecule has 0 radical (unpaired) electrons. The zero-order valence-corrected chi connectivity index (χ0v) is 15.5. The molecule has 136 valence electrons. The lowest BCUT2D eigenvalue weighted by atomic mass is 9.44. The average Bonchev–Trinajstić information content (AvgIpc) is 2.84. The number of rotatable bonds is 1. The Morgan fingerprint density at radius 3 is 2.46 bits per heavy atom. The predicted octanol–water partition coefficient (Wildman–Crippen LogP) is 3.57. The number of carbonyl (C=O) groups is 1. The van der Waals surface area contributed by atoms with Crippen LogP contribution in [0.3, 0.4) is 0 Å². The molecule has 3 nitrogen and oxygen atoms in total. The Labute approximate surface area is 146 Å². The number of Topliss-reactive ketones (excluding diaryl/α,β-unsaturated/α-hetero) is 1. The molecule has 9 atom stereocenters. The normalized spacial score (nSPS) is 57.0. The Hall–Kier alpha value is -0.410. The molecule has 0 amide bonds. The zero-order chi connectivity index (χ0) is 17.3. The highest BCUT2D eigenvalue weighted by atomic mass is 16.3. The zero-order valence-electron chi connectivity index (χ0n) is 15.5. The topological polar surface area (TPSA) is 57.5 Å². The molecule has 3 heteroatoms. The molecule has 0 aromatic heterocycles. The molecule has 0 aromatic rings. The van der Waals surface area contributed by atoms with Gasteiger partial charge in [-0.3, -0.25) is 4.79 Å². The monoisotopic (exact) mass is 334 g/mol. The van der Waals surface area contributed by atoms with Crippen molar-refractivity contribution in [2.24, 2.45) is 40.4 Å². The first kappa shape index (κ1) is 17.0. The van der Waals surface area contributed by atoms with E-state index in [4.69, 9.17) is 0 Å². The third-order valence-electron chi connectivity index (χ3n) is 9.06. The molecule has 4 aliphatic rings. The first-order valence-electron chi connectivity index (χ1n) is 10.1. The van der Waals surface area contributed by atoms with Gasteiger partial charge in [0.1, 0.15) is 5.78 Å². The van der Waals surface area contributed by atoms with Gasteiger partial charge in [-0.05, 0) is 92.8 Å². The molecule has 0 saturated heterocycles. The van der Waals surface area contributed by atoms with Crippen molar-refractivity contribution < 1.29 is 15.0 Å². The van der Waals surface area contributed by atoms with Gasteiger partial charge < -0.3 is 10.2 Å². The van der Waals surface area contributed by atoms with E-state index in [0.29, 0.717) is 29.5 Å². The second kappa shape index (κ2) is 5.54. The molecule has 8 unspecified atom stereocenters. The summed E-state index contributed by atoms with van der Waals surface area (Å²) >= 11 is 0. The van der Waals surface area contributed by atoms with Gasteiger partial charge in [-0.2, -0.15) is 0 Å². The van der Waals surface area contributed by atoms with Gasteiger partial charge in [0.2, 0.25) is 0 Å². The fraction of sp³-hybridized carbons (Fsp3) is 0.952. The fourth-order valence-corrected chi connectivity index (χ4v) is 8.03. The summed E-state index contributed by atoms with van der Waals surface area (Å²) in [4.78, 5) is 12.2. The molecule has 4 rings (SSSR count). The number of hydrogen-bond acceptors (Lipinski definition) is 3. The molecular weight excluding hydrogens is 300 g/mol. The van der Waals surface area contributed by atoms with Crippen molar-refractivity contribution in [1.29, 1.82) is 0 Å². The molecule has 0 heterocycles.